The molecule has 1 amide bonds. The van der Waals surface area contributed by atoms with Gasteiger partial charge >= 0.3 is 0 Å². The molecule has 2 heterocycles. The van der Waals surface area contributed by atoms with Gasteiger partial charge in [-0.05, 0) is 55.5 Å². The first-order chi connectivity index (χ1) is 15.6. The number of aryl methyl sites for hydroxylation is 1. The molecule has 0 saturated heterocycles. The number of carbonyl (C=O) groups is 1. The number of aromatic nitrogens is 3. The van der Waals surface area contributed by atoms with E-state index in [4.69, 9.17) is 4.74 Å². The van der Waals surface area contributed by atoms with Crippen LogP contribution >= 0.6 is 11.3 Å². The largest absolute Gasteiger partial charge is 0.457 e. The van der Waals surface area contributed by atoms with Gasteiger partial charge in [-0.1, -0.05) is 35.6 Å². The van der Waals surface area contributed by atoms with Crippen molar-refractivity contribution in [1.29, 1.82) is 0 Å². The van der Waals surface area contributed by atoms with Crippen LogP contribution in [0.5, 0.6) is 11.5 Å². The van der Waals surface area contributed by atoms with E-state index >= 15 is 0 Å². The number of carbonyl (C=O) groups excluding carboxylic acids is 1. The molecule has 0 aliphatic rings. The molecule has 0 atom stereocenters. The maximum atomic E-state index is 14.1. The second-order valence-electron chi connectivity index (χ2n) is 7.06. The number of thiazole rings is 1. The monoisotopic (exact) mass is 444 g/mol. The molecule has 5 rings (SSSR count). The zero-order valence-corrected chi connectivity index (χ0v) is 17.8. The van der Waals surface area contributed by atoms with Gasteiger partial charge in [0, 0.05) is 11.6 Å². The van der Waals surface area contributed by atoms with Crippen molar-refractivity contribution in [2.45, 2.75) is 6.92 Å². The van der Waals surface area contributed by atoms with E-state index in [-0.39, 0.29) is 11.4 Å². The molecule has 6 nitrogen and oxygen atoms in total. The number of anilines is 1. The third kappa shape index (κ3) is 3.95. The zero-order valence-electron chi connectivity index (χ0n) is 16.9. The molecule has 3 aromatic carbocycles. The zero-order chi connectivity index (χ0) is 22.1. The minimum absolute atomic E-state index is 0.284. The van der Waals surface area contributed by atoms with Crippen molar-refractivity contribution in [3.05, 3.63) is 95.9 Å². The van der Waals surface area contributed by atoms with Crippen LogP contribution in [-0.4, -0.2) is 20.7 Å². The standard InChI is InChI=1S/C24H17FN4O2S/c1-15-14-21(29(28-15)24-27-22-19(25)8-5-9-20(22)32-24)26-23(30)16-10-12-18(13-11-16)31-17-6-3-2-4-7-17/h2-14H,1H3,(H,26,30). The Morgan fingerprint density at radius 1 is 1.00 bits per heavy atom. The number of fused-ring (bicyclic) bond motifs is 1. The molecule has 0 fully saturated rings. The summed E-state index contributed by atoms with van der Waals surface area (Å²) in [6.07, 6.45) is 0. The number of nitrogens with zero attached hydrogens (tertiary/aromatic N) is 3. The number of ether oxygens (including phenoxy) is 1. The fraction of sp³-hybridized carbons (Fsp3) is 0.0417. The molecule has 0 bridgehead atoms. The summed E-state index contributed by atoms with van der Waals surface area (Å²) in [5, 5.41) is 7.76. The summed E-state index contributed by atoms with van der Waals surface area (Å²) in [4.78, 5) is 17.2. The molecule has 1 N–H and O–H groups in total. The number of hydrogen-bond acceptors (Lipinski definition) is 5. The predicted octanol–water partition coefficient (Wildman–Crippen LogP) is 5.97. The van der Waals surface area contributed by atoms with Crippen LogP contribution < -0.4 is 10.1 Å². The van der Waals surface area contributed by atoms with E-state index in [1.807, 2.05) is 37.3 Å². The average molecular weight is 444 g/mol. The molecule has 0 saturated carbocycles. The van der Waals surface area contributed by atoms with E-state index < -0.39 is 5.82 Å². The molecule has 158 valence electrons. The lowest BCUT2D eigenvalue weighted by Crippen LogP contribution is -2.15. The van der Waals surface area contributed by atoms with Crippen LogP contribution in [0, 0.1) is 12.7 Å². The van der Waals surface area contributed by atoms with Gasteiger partial charge in [-0.2, -0.15) is 9.78 Å². The van der Waals surface area contributed by atoms with E-state index in [9.17, 15) is 9.18 Å². The van der Waals surface area contributed by atoms with E-state index in [1.54, 1.807) is 42.5 Å². The van der Waals surface area contributed by atoms with E-state index in [0.29, 0.717) is 32.7 Å². The predicted molar refractivity (Wildman–Crippen MR) is 122 cm³/mol. The van der Waals surface area contributed by atoms with Crippen molar-refractivity contribution in [1.82, 2.24) is 14.8 Å². The van der Waals surface area contributed by atoms with Crippen molar-refractivity contribution in [2.24, 2.45) is 0 Å². The maximum Gasteiger partial charge on any atom is 0.256 e. The Morgan fingerprint density at radius 2 is 1.75 bits per heavy atom. The molecule has 2 aromatic heterocycles. The lowest BCUT2D eigenvalue weighted by Gasteiger charge is -2.08. The summed E-state index contributed by atoms with van der Waals surface area (Å²) in [6.45, 7) is 1.82. The number of benzene rings is 3. The number of nitrogens with one attached hydrogen (secondary N) is 1. The van der Waals surface area contributed by atoms with Gasteiger partial charge in [0.15, 0.2) is 0 Å². The fourth-order valence-electron chi connectivity index (χ4n) is 3.22. The lowest BCUT2D eigenvalue weighted by molar-refractivity contribution is 0.102. The van der Waals surface area contributed by atoms with Gasteiger partial charge in [0.1, 0.15) is 28.7 Å². The maximum absolute atomic E-state index is 14.1. The second-order valence-corrected chi connectivity index (χ2v) is 8.07. The lowest BCUT2D eigenvalue weighted by atomic mass is 10.2. The smallest absolute Gasteiger partial charge is 0.256 e. The van der Waals surface area contributed by atoms with Gasteiger partial charge in [-0.15, -0.1) is 0 Å². The summed E-state index contributed by atoms with van der Waals surface area (Å²) >= 11 is 1.30. The highest BCUT2D eigenvalue weighted by Gasteiger charge is 2.16. The van der Waals surface area contributed by atoms with Crippen LogP contribution in [0.4, 0.5) is 10.2 Å². The molecular weight excluding hydrogens is 427 g/mol. The summed E-state index contributed by atoms with van der Waals surface area (Å²) in [5.41, 5.74) is 1.45. The Labute approximate surface area is 186 Å². The summed E-state index contributed by atoms with van der Waals surface area (Å²) < 4.78 is 22.0. The minimum Gasteiger partial charge on any atom is -0.457 e. The molecule has 5 aromatic rings. The molecule has 0 spiro atoms. The van der Waals surface area contributed by atoms with Crippen molar-refractivity contribution >= 4 is 33.3 Å². The average Bonchev–Trinajstić information content (AvgIpc) is 3.39. The van der Waals surface area contributed by atoms with Crippen LogP contribution in [0.2, 0.25) is 0 Å². The molecule has 0 aliphatic heterocycles. The van der Waals surface area contributed by atoms with E-state index in [2.05, 4.69) is 15.4 Å². The number of hydrogen-bond donors (Lipinski definition) is 1. The molecular formula is C24H17FN4O2S. The van der Waals surface area contributed by atoms with Crippen molar-refractivity contribution in [2.75, 3.05) is 5.32 Å². The summed E-state index contributed by atoms with van der Waals surface area (Å²) in [7, 11) is 0. The minimum atomic E-state index is -0.391. The highest BCUT2D eigenvalue weighted by Crippen LogP contribution is 2.29. The van der Waals surface area contributed by atoms with Crippen LogP contribution in [0.1, 0.15) is 16.1 Å². The number of halogens is 1. The topological polar surface area (TPSA) is 69.0 Å². The van der Waals surface area contributed by atoms with Gasteiger partial charge < -0.3 is 10.1 Å². The van der Waals surface area contributed by atoms with Crippen LogP contribution in [0.3, 0.4) is 0 Å². The number of rotatable bonds is 5. The van der Waals surface area contributed by atoms with E-state index in [0.717, 1.165) is 5.75 Å². The van der Waals surface area contributed by atoms with Gasteiger partial charge in [0.05, 0.1) is 10.4 Å². The highest BCUT2D eigenvalue weighted by molar-refractivity contribution is 7.20. The Morgan fingerprint density at radius 3 is 2.50 bits per heavy atom. The molecule has 32 heavy (non-hydrogen) atoms. The number of amides is 1. The third-order valence-corrected chi connectivity index (χ3v) is 5.70. The second kappa shape index (κ2) is 8.24. The highest BCUT2D eigenvalue weighted by atomic mass is 32.1. The molecule has 0 aliphatic carbocycles. The van der Waals surface area contributed by atoms with E-state index in [1.165, 1.54) is 22.1 Å². The van der Waals surface area contributed by atoms with Gasteiger partial charge in [0.25, 0.3) is 5.91 Å². The fourth-order valence-corrected chi connectivity index (χ4v) is 4.16. The van der Waals surface area contributed by atoms with Gasteiger partial charge in [0.2, 0.25) is 5.13 Å². The molecule has 0 radical (unpaired) electrons. The number of para-hydroxylation sites is 2. The Kier molecular flexibility index (Phi) is 5.12. The van der Waals surface area contributed by atoms with Crippen LogP contribution in [0.25, 0.3) is 15.3 Å². The SMILES string of the molecule is Cc1cc(NC(=O)c2ccc(Oc3ccccc3)cc2)n(-c2nc3c(F)cccc3s2)n1. The Bertz CT molecular complexity index is 1410. The van der Waals surface area contributed by atoms with Crippen molar-refractivity contribution in [3.63, 3.8) is 0 Å². The normalized spacial score (nSPS) is 10.9. The van der Waals surface area contributed by atoms with Crippen LogP contribution in [-0.2, 0) is 0 Å². The molecule has 8 heteroatoms. The van der Waals surface area contributed by atoms with Crippen molar-refractivity contribution < 1.29 is 13.9 Å². The summed E-state index contributed by atoms with van der Waals surface area (Å²) in [5.74, 6) is 1.11. The Balaban J connectivity index is 1.37. The quantitative estimate of drug-likeness (QED) is 0.362. The molecule has 0 unspecified atom stereocenters. The Hall–Kier alpha value is -4.04. The first-order valence-corrected chi connectivity index (χ1v) is 10.6. The first kappa shape index (κ1) is 19.9. The third-order valence-electron chi connectivity index (χ3n) is 4.71. The first-order valence-electron chi connectivity index (χ1n) is 9.83. The van der Waals surface area contributed by atoms with Gasteiger partial charge in [-0.25, -0.2) is 9.37 Å². The summed E-state index contributed by atoms with van der Waals surface area (Å²) in [6, 6.07) is 22.8. The van der Waals surface area contributed by atoms with Crippen LogP contribution in [0.15, 0.2) is 78.9 Å². The van der Waals surface area contributed by atoms with Gasteiger partial charge in [-0.3, -0.25) is 4.79 Å². The van der Waals surface area contributed by atoms with Crippen molar-refractivity contribution in [3.8, 4) is 16.6 Å².